The molecule has 0 aromatic heterocycles. The van der Waals surface area contributed by atoms with Crippen LogP contribution in [0.25, 0.3) is 0 Å². The number of nitro benzene ring substituents is 1. The van der Waals surface area contributed by atoms with E-state index in [9.17, 15) is 19.7 Å². The van der Waals surface area contributed by atoms with Crippen molar-refractivity contribution in [1.29, 1.82) is 0 Å². The molecule has 0 atom stereocenters. The first-order valence-electron chi connectivity index (χ1n) is 8.11. The highest BCUT2D eigenvalue weighted by Crippen LogP contribution is 2.42. The molecule has 0 spiro atoms. The maximum atomic E-state index is 13.3. The van der Waals surface area contributed by atoms with Gasteiger partial charge in [0.1, 0.15) is 5.56 Å². The first kappa shape index (κ1) is 18.2. The molecule has 0 radical (unpaired) electrons. The summed E-state index contributed by atoms with van der Waals surface area (Å²) in [5.74, 6) is -1.31. The van der Waals surface area contributed by atoms with Crippen molar-refractivity contribution >= 4 is 51.8 Å². The van der Waals surface area contributed by atoms with Gasteiger partial charge in [0.2, 0.25) is 5.78 Å². The molecular weight excluding hydrogens is 403 g/mol. The average Bonchev–Trinajstić information content (AvgIpc) is 2.67. The van der Waals surface area contributed by atoms with Crippen molar-refractivity contribution in [1.82, 2.24) is 0 Å². The summed E-state index contributed by atoms with van der Waals surface area (Å²) in [6.45, 7) is 0. The van der Waals surface area contributed by atoms with E-state index in [0.29, 0.717) is 11.4 Å². The van der Waals surface area contributed by atoms with E-state index < -0.39 is 22.2 Å². The summed E-state index contributed by atoms with van der Waals surface area (Å²) >= 11 is 12.3. The van der Waals surface area contributed by atoms with E-state index in [1.165, 1.54) is 12.1 Å². The molecule has 0 heterocycles. The maximum absolute atomic E-state index is 13.3. The molecule has 1 N–H and O–H groups in total. The van der Waals surface area contributed by atoms with Crippen molar-refractivity contribution in [2.75, 3.05) is 5.32 Å². The molecule has 8 heteroatoms. The van der Waals surface area contributed by atoms with Gasteiger partial charge in [0.25, 0.3) is 5.69 Å². The molecule has 0 aliphatic heterocycles. The Balaban J connectivity index is 1.99. The average molecular weight is 413 g/mol. The Hall–Kier alpha value is -3.22. The van der Waals surface area contributed by atoms with Gasteiger partial charge in [0, 0.05) is 11.8 Å². The summed E-state index contributed by atoms with van der Waals surface area (Å²) in [4.78, 5) is 37.1. The SMILES string of the molecule is O=C1c2c(Cl)ccc(Nc3ccccc3)c2C(=O)c2c([N+](=O)[O-])ccc(Cl)c21. The third kappa shape index (κ3) is 2.74. The lowest BCUT2D eigenvalue weighted by molar-refractivity contribution is -0.385. The molecule has 3 aromatic carbocycles. The van der Waals surface area contributed by atoms with Gasteiger partial charge in [-0.1, -0.05) is 41.4 Å². The number of fused-ring (bicyclic) bond motifs is 2. The molecule has 0 fully saturated rings. The number of benzene rings is 3. The summed E-state index contributed by atoms with van der Waals surface area (Å²) in [6, 6.07) is 14.4. The Kier molecular flexibility index (Phi) is 4.37. The summed E-state index contributed by atoms with van der Waals surface area (Å²) in [5.41, 5.74) is -0.0428. The Morgan fingerprint density at radius 1 is 0.750 bits per heavy atom. The van der Waals surface area contributed by atoms with E-state index in [1.54, 1.807) is 30.3 Å². The van der Waals surface area contributed by atoms with Crippen LogP contribution in [-0.4, -0.2) is 16.5 Å². The summed E-state index contributed by atoms with van der Waals surface area (Å²) in [7, 11) is 0. The monoisotopic (exact) mass is 412 g/mol. The number of nitro groups is 1. The smallest absolute Gasteiger partial charge is 0.281 e. The number of carbonyl (C=O) groups is 2. The lowest BCUT2D eigenvalue weighted by Crippen LogP contribution is -2.24. The van der Waals surface area contributed by atoms with Gasteiger partial charge < -0.3 is 5.32 Å². The van der Waals surface area contributed by atoms with Crippen LogP contribution >= 0.6 is 23.2 Å². The second kappa shape index (κ2) is 6.74. The van der Waals surface area contributed by atoms with Crippen LogP contribution in [0.4, 0.5) is 17.1 Å². The van der Waals surface area contributed by atoms with Crippen LogP contribution in [0.5, 0.6) is 0 Å². The molecule has 0 saturated heterocycles. The third-order valence-electron chi connectivity index (χ3n) is 4.44. The first-order chi connectivity index (χ1) is 13.4. The molecule has 28 heavy (non-hydrogen) atoms. The Labute approximate surface area is 168 Å². The Morgan fingerprint density at radius 3 is 1.96 bits per heavy atom. The number of nitrogens with zero attached hydrogens (tertiary/aromatic N) is 1. The van der Waals surface area contributed by atoms with Gasteiger partial charge in [-0.2, -0.15) is 0 Å². The normalized spacial score (nSPS) is 12.4. The highest BCUT2D eigenvalue weighted by molar-refractivity contribution is 6.44. The van der Waals surface area contributed by atoms with Crippen LogP contribution in [-0.2, 0) is 0 Å². The number of rotatable bonds is 3. The molecule has 4 rings (SSSR count). The summed E-state index contributed by atoms with van der Waals surface area (Å²) in [6.07, 6.45) is 0. The maximum Gasteiger partial charge on any atom is 0.281 e. The number of hydrogen-bond donors (Lipinski definition) is 1. The minimum absolute atomic E-state index is 0.0146. The van der Waals surface area contributed by atoms with E-state index in [2.05, 4.69) is 5.32 Å². The van der Waals surface area contributed by atoms with Crippen molar-refractivity contribution in [3.63, 3.8) is 0 Å². The predicted molar refractivity (Wildman–Crippen MR) is 106 cm³/mol. The van der Waals surface area contributed by atoms with Crippen LogP contribution < -0.4 is 5.32 Å². The zero-order valence-electron chi connectivity index (χ0n) is 14.0. The highest BCUT2D eigenvalue weighted by Gasteiger charge is 2.40. The van der Waals surface area contributed by atoms with Gasteiger partial charge in [-0.15, -0.1) is 0 Å². The summed E-state index contributed by atoms with van der Waals surface area (Å²) < 4.78 is 0. The minimum Gasteiger partial charge on any atom is -0.355 e. The number of halogens is 2. The van der Waals surface area contributed by atoms with Crippen molar-refractivity contribution in [2.45, 2.75) is 0 Å². The number of anilines is 2. The fraction of sp³-hybridized carbons (Fsp3) is 0. The van der Waals surface area contributed by atoms with Crippen LogP contribution in [0.15, 0.2) is 54.6 Å². The highest BCUT2D eigenvalue weighted by atomic mass is 35.5. The van der Waals surface area contributed by atoms with Gasteiger partial charge in [0.05, 0.1) is 37.3 Å². The zero-order valence-corrected chi connectivity index (χ0v) is 15.5. The topological polar surface area (TPSA) is 89.3 Å². The van der Waals surface area contributed by atoms with Crippen molar-refractivity contribution in [3.8, 4) is 0 Å². The van der Waals surface area contributed by atoms with Crippen LogP contribution in [0.2, 0.25) is 10.0 Å². The quantitative estimate of drug-likeness (QED) is 0.358. The lowest BCUT2D eigenvalue weighted by atomic mass is 9.82. The van der Waals surface area contributed by atoms with Crippen molar-refractivity contribution in [3.05, 3.63) is 97.0 Å². The first-order valence-corrected chi connectivity index (χ1v) is 8.86. The van der Waals surface area contributed by atoms with Crippen LogP contribution in [0.3, 0.4) is 0 Å². The predicted octanol–water partition coefficient (Wildman–Crippen LogP) is 5.42. The standard InChI is InChI=1S/C20H10Cl2N2O4/c21-11-6-8-13(23-10-4-2-1-3-5-10)17-15(11)19(25)16-12(22)7-9-14(24(27)28)18(16)20(17)26/h1-9,23H. The van der Waals surface area contributed by atoms with Crippen molar-refractivity contribution in [2.24, 2.45) is 0 Å². The van der Waals surface area contributed by atoms with Crippen LogP contribution in [0.1, 0.15) is 31.8 Å². The molecule has 6 nitrogen and oxygen atoms in total. The third-order valence-corrected chi connectivity index (χ3v) is 5.07. The number of hydrogen-bond acceptors (Lipinski definition) is 5. The molecule has 0 unspecified atom stereocenters. The summed E-state index contributed by atoms with van der Waals surface area (Å²) in [5, 5.41) is 14.5. The van der Waals surface area contributed by atoms with Crippen molar-refractivity contribution < 1.29 is 14.5 Å². The van der Waals surface area contributed by atoms with Gasteiger partial charge in [-0.25, -0.2) is 0 Å². The lowest BCUT2D eigenvalue weighted by Gasteiger charge is -2.22. The molecule has 138 valence electrons. The number of nitrogens with one attached hydrogen (secondary N) is 1. The van der Waals surface area contributed by atoms with Gasteiger partial charge in [0.15, 0.2) is 5.78 Å². The molecule has 0 bridgehead atoms. The zero-order chi connectivity index (χ0) is 20.0. The van der Waals surface area contributed by atoms with Gasteiger partial charge in [-0.05, 0) is 30.3 Å². The second-order valence-electron chi connectivity index (χ2n) is 6.07. The number of para-hydroxylation sites is 1. The molecule has 0 amide bonds. The number of ketones is 2. The van der Waals surface area contributed by atoms with Gasteiger partial charge >= 0.3 is 0 Å². The fourth-order valence-corrected chi connectivity index (χ4v) is 3.72. The van der Waals surface area contributed by atoms with E-state index in [0.717, 1.165) is 6.07 Å². The molecule has 1 aliphatic carbocycles. The second-order valence-corrected chi connectivity index (χ2v) is 6.88. The van der Waals surface area contributed by atoms with E-state index in [1.807, 2.05) is 6.07 Å². The Morgan fingerprint density at radius 2 is 1.32 bits per heavy atom. The fourth-order valence-electron chi connectivity index (χ4n) is 3.24. The van der Waals surface area contributed by atoms with E-state index in [-0.39, 0.29) is 32.3 Å². The van der Waals surface area contributed by atoms with E-state index in [4.69, 9.17) is 23.2 Å². The molecule has 0 saturated carbocycles. The minimum atomic E-state index is -0.708. The largest absolute Gasteiger partial charge is 0.355 e. The molecular formula is C20H10Cl2N2O4. The number of carbonyl (C=O) groups excluding carboxylic acids is 2. The van der Waals surface area contributed by atoms with E-state index >= 15 is 0 Å². The molecule has 1 aliphatic rings. The van der Waals surface area contributed by atoms with Gasteiger partial charge in [-0.3, -0.25) is 19.7 Å². The van der Waals surface area contributed by atoms with Crippen LogP contribution in [0, 0.1) is 10.1 Å². The molecule has 3 aromatic rings. The Bertz CT molecular complexity index is 1180.